The lowest BCUT2D eigenvalue weighted by molar-refractivity contribution is 0.0727. The fourth-order valence-electron chi connectivity index (χ4n) is 3.51. The third-order valence-electron chi connectivity index (χ3n) is 4.74. The van der Waals surface area contributed by atoms with Gasteiger partial charge < -0.3 is 14.2 Å². The predicted octanol–water partition coefficient (Wildman–Crippen LogP) is 2.55. The lowest BCUT2D eigenvalue weighted by Crippen LogP contribution is -2.46. The van der Waals surface area contributed by atoms with Crippen LogP contribution in [0.3, 0.4) is 0 Å². The molecule has 2 bridgehead atoms. The van der Waals surface area contributed by atoms with Crippen molar-refractivity contribution < 1.29 is 9.26 Å². The highest BCUT2D eigenvalue weighted by molar-refractivity contribution is 5.56. The molecular formula is C16H19N3O2. The van der Waals surface area contributed by atoms with Crippen LogP contribution in [-0.2, 0) is 0 Å². The normalized spacial score (nSPS) is 27.8. The van der Waals surface area contributed by atoms with Crippen molar-refractivity contribution in [3.63, 3.8) is 0 Å². The SMILES string of the molecule is COc1cccc(-c2noc(C3CN4CCC3CC4)n2)c1. The van der Waals surface area contributed by atoms with Gasteiger partial charge in [-0.2, -0.15) is 4.98 Å². The first kappa shape index (κ1) is 12.8. The highest BCUT2D eigenvalue weighted by atomic mass is 16.5. The second-order valence-electron chi connectivity index (χ2n) is 5.93. The quantitative estimate of drug-likeness (QED) is 0.867. The van der Waals surface area contributed by atoms with Gasteiger partial charge in [-0.3, -0.25) is 0 Å². The van der Waals surface area contributed by atoms with Gasteiger partial charge in [0.1, 0.15) is 5.75 Å². The van der Waals surface area contributed by atoms with Crippen LogP contribution < -0.4 is 4.74 Å². The summed E-state index contributed by atoms with van der Waals surface area (Å²) < 4.78 is 10.8. The van der Waals surface area contributed by atoms with Crippen molar-refractivity contribution in [2.45, 2.75) is 18.8 Å². The van der Waals surface area contributed by atoms with E-state index in [1.54, 1.807) is 7.11 Å². The maximum Gasteiger partial charge on any atom is 0.231 e. The molecule has 0 N–H and O–H groups in total. The topological polar surface area (TPSA) is 51.4 Å². The zero-order valence-electron chi connectivity index (χ0n) is 12.2. The molecule has 4 heterocycles. The van der Waals surface area contributed by atoms with E-state index in [4.69, 9.17) is 9.26 Å². The van der Waals surface area contributed by atoms with E-state index in [0.29, 0.717) is 17.7 Å². The van der Waals surface area contributed by atoms with E-state index in [1.165, 1.54) is 25.9 Å². The van der Waals surface area contributed by atoms with Crippen LogP contribution >= 0.6 is 0 Å². The first-order valence-corrected chi connectivity index (χ1v) is 7.54. The Morgan fingerprint density at radius 1 is 1.29 bits per heavy atom. The zero-order valence-corrected chi connectivity index (χ0v) is 12.2. The molecule has 0 spiro atoms. The molecule has 0 amide bonds. The van der Waals surface area contributed by atoms with Crippen molar-refractivity contribution in [1.29, 1.82) is 0 Å². The van der Waals surface area contributed by atoms with E-state index < -0.39 is 0 Å². The van der Waals surface area contributed by atoms with Gasteiger partial charge in [0, 0.05) is 12.1 Å². The van der Waals surface area contributed by atoms with Gasteiger partial charge in [0.05, 0.1) is 13.0 Å². The Hall–Kier alpha value is -1.88. The van der Waals surface area contributed by atoms with Crippen molar-refractivity contribution in [2.75, 3.05) is 26.7 Å². The second kappa shape index (κ2) is 5.15. The summed E-state index contributed by atoms with van der Waals surface area (Å²) in [5.74, 6) is 3.36. The Morgan fingerprint density at radius 2 is 2.14 bits per heavy atom. The summed E-state index contributed by atoms with van der Waals surface area (Å²) >= 11 is 0. The molecule has 3 aliphatic heterocycles. The monoisotopic (exact) mass is 285 g/mol. The van der Waals surface area contributed by atoms with Gasteiger partial charge in [-0.05, 0) is 44.0 Å². The fourth-order valence-corrected chi connectivity index (χ4v) is 3.51. The number of benzene rings is 1. The summed E-state index contributed by atoms with van der Waals surface area (Å²) in [4.78, 5) is 7.14. The number of rotatable bonds is 3. The molecular weight excluding hydrogens is 266 g/mol. The van der Waals surface area contributed by atoms with Crippen molar-refractivity contribution in [3.8, 4) is 17.1 Å². The molecule has 110 valence electrons. The van der Waals surface area contributed by atoms with Crippen LogP contribution in [0.1, 0.15) is 24.7 Å². The van der Waals surface area contributed by atoms with E-state index in [1.807, 2.05) is 24.3 Å². The number of hydrogen-bond acceptors (Lipinski definition) is 5. The number of fused-ring (bicyclic) bond motifs is 3. The summed E-state index contributed by atoms with van der Waals surface area (Å²) in [5.41, 5.74) is 0.936. The second-order valence-corrected chi connectivity index (χ2v) is 5.93. The molecule has 1 atom stereocenters. The van der Waals surface area contributed by atoms with Crippen LogP contribution in [0.5, 0.6) is 5.75 Å². The van der Waals surface area contributed by atoms with Crippen LogP contribution in [0, 0.1) is 5.92 Å². The molecule has 1 aromatic heterocycles. The Bertz CT molecular complexity index is 632. The minimum atomic E-state index is 0.402. The molecule has 21 heavy (non-hydrogen) atoms. The minimum absolute atomic E-state index is 0.402. The first-order chi connectivity index (χ1) is 10.3. The number of ether oxygens (including phenoxy) is 1. The third-order valence-corrected chi connectivity index (χ3v) is 4.74. The first-order valence-electron chi connectivity index (χ1n) is 7.54. The number of aromatic nitrogens is 2. The van der Waals surface area contributed by atoms with Gasteiger partial charge >= 0.3 is 0 Å². The van der Waals surface area contributed by atoms with Gasteiger partial charge in [0.15, 0.2) is 0 Å². The summed E-state index contributed by atoms with van der Waals surface area (Å²) in [6.07, 6.45) is 2.50. The Morgan fingerprint density at radius 3 is 2.86 bits per heavy atom. The number of methoxy groups -OCH3 is 1. The molecule has 3 aliphatic rings. The van der Waals surface area contributed by atoms with Gasteiger partial charge in [-0.1, -0.05) is 17.3 Å². The van der Waals surface area contributed by atoms with E-state index in [9.17, 15) is 0 Å². The summed E-state index contributed by atoms with van der Waals surface area (Å²) in [6, 6.07) is 7.77. The van der Waals surface area contributed by atoms with Crippen LogP contribution in [0.15, 0.2) is 28.8 Å². The van der Waals surface area contributed by atoms with Crippen LogP contribution in [-0.4, -0.2) is 41.8 Å². The molecule has 5 rings (SSSR count). The molecule has 2 aromatic rings. The van der Waals surface area contributed by atoms with E-state index in [-0.39, 0.29) is 0 Å². The highest BCUT2D eigenvalue weighted by Crippen LogP contribution is 2.38. The van der Waals surface area contributed by atoms with Crippen molar-refractivity contribution in [1.82, 2.24) is 15.0 Å². The molecule has 0 aliphatic carbocycles. The Balaban J connectivity index is 1.60. The van der Waals surface area contributed by atoms with Crippen molar-refractivity contribution in [2.24, 2.45) is 5.92 Å². The maximum atomic E-state index is 5.56. The minimum Gasteiger partial charge on any atom is -0.497 e. The van der Waals surface area contributed by atoms with Crippen molar-refractivity contribution >= 4 is 0 Å². The van der Waals surface area contributed by atoms with Crippen LogP contribution in [0.2, 0.25) is 0 Å². The largest absolute Gasteiger partial charge is 0.497 e. The molecule has 3 fully saturated rings. The summed E-state index contributed by atoms with van der Waals surface area (Å²) in [5, 5.41) is 4.16. The van der Waals surface area contributed by atoms with E-state index in [0.717, 1.165) is 23.7 Å². The fraction of sp³-hybridized carbons (Fsp3) is 0.500. The summed E-state index contributed by atoms with van der Waals surface area (Å²) in [7, 11) is 1.66. The van der Waals surface area contributed by atoms with E-state index >= 15 is 0 Å². The lowest BCUT2D eigenvalue weighted by Gasteiger charge is -2.43. The average molecular weight is 285 g/mol. The highest BCUT2D eigenvalue weighted by Gasteiger charge is 2.38. The third kappa shape index (κ3) is 2.31. The maximum absolute atomic E-state index is 5.56. The molecule has 5 nitrogen and oxygen atoms in total. The van der Waals surface area contributed by atoms with Gasteiger partial charge in [-0.25, -0.2) is 0 Å². The number of piperidine rings is 3. The smallest absolute Gasteiger partial charge is 0.231 e. The Kier molecular flexibility index (Phi) is 3.15. The van der Waals surface area contributed by atoms with Gasteiger partial charge in [-0.15, -0.1) is 0 Å². The number of nitrogens with zero attached hydrogens (tertiary/aromatic N) is 3. The van der Waals surface area contributed by atoms with Crippen molar-refractivity contribution in [3.05, 3.63) is 30.2 Å². The lowest BCUT2D eigenvalue weighted by atomic mass is 9.79. The summed E-state index contributed by atoms with van der Waals surface area (Å²) in [6.45, 7) is 3.50. The Labute approximate surface area is 123 Å². The molecule has 0 saturated carbocycles. The number of hydrogen-bond donors (Lipinski definition) is 0. The van der Waals surface area contributed by atoms with E-state index in [2.05, 4.69) is 15.0 Å². The average Bonchev–Trinajstić information content (AvgIpc) is 3.06. The van der Waals surface area contributed by atoms with Crippen LogP contribution in [0.4, 0.5) is 0 Å². The molecule has 0 radical (unpaired) electrons. The predicted molar refractivity (Wildman–Crippen MR) is 78.2 cm³/mol. The van der Waals surface area contributed by atoms with Gasteiger partial charge in [0.25, 0.3) is 0 Å². The molecule has 1 aromatic carbocycles. The molecule has 5 heteroatoms. The molecule has 3 saturated heterocycles. The molecule has 1 unspecified atom stereocenters. The zero-order chi connectivity index (χ0) is 14.2. The standard InChI is InChI=1S/C16H19N3O2/c1-20-13-4-2-3-12(9-13)15-17-16(21-18-15)14-10-19-7-5-11(14)6-8-19/h2-4,9,11,14H,5-8,10H2,1H3. The van der Waals surface area contributed by atoms with Crippen LogP contribution in [0.25, 0.3) is 11.4 Å². The van der Waals surface area contributed by atoms with Gasteiger partial charge in [0.2, 0.25) is 11.7 Å².